The van der Waals surface area contributed by atoms with E-state index < -0.39 is 28.9 Å². The molecule has 0 spiro atoms. The summed E-state index contributed by atoms with van der Waals surface area (Å²) in [6, 6.07) is 18.1. The molecule has 10 nitrogen and oxygen atoms in total. The number of rotatable bonds is 13. The first-order chi connectivity index (χ1) is 21.6. The van der Waals surface area contributed by atoms with Gasteiger partial charge in [0.15, 0.2) is 0 Å². The number of non-ortho nitro benzene ring substituents is 1. The van der Waals surface area contributed by atoms with Crippen molar-refractivity contribution >= 4 is 23.7 Å². The lowest BCUT2D eigenvalue weighted by atomic mass is 9.80. The molecule has 0 amide bonds. The van der Waals surface area contributed by atoms with Crippen LogP contribution >= 0.6 is 0 Å². The minimum Gasteiger partial charge on any atom is -0.460 e. The average molecular weight is 612 g/mol. The summed E-state index contributed by atoms with van der Waals surface area (Å²) in [6.07, 6.45) is 7.87. The van der Waals surface area contributed by atoms with Crippen LogP contribution in [0.1, 0.15) is 55.9 Å². The monoisotopic (exact) mass is 611 g/mol. The number of nitrogens with zero attached hydrogens (tertiary/aromatic N) is 2. The van der Waals surface area contributed by atoms with Gasteiger partial charge in [0.05, 0.1) is 41.3 Å². The van der Waals surface area contributed by atoms with E-state index in [0.29, 0.717) is 23.6 Å². The second-order valence-electron chi connectivity index (χ2n) is 10.8. The van der Waals surface area contributed by atoms with Crippen LogP contribution in [0.2, 0.25) is 0 Å². The van der Waals surface area contributed by atoms with Crippen molar-refractivity contribution in [3.05, 3.63) is 134 Å². The highest BCUT2D eigenvalue weighted by Crippen LogP contribution is 2.40. The quantitative estimate of drug-likeness (QED) is 0.106. The minimum atomic E-state index is -0.926. The number of dihydropyridines is 1. The number of nitro benzene ring substituents is 1. The normalized spacial score (nSPS) is 14.9. The number of hydrogen-bond donors (Lipinski definition) is 1. The lowest BCUT2D eigenvalue weighted by Crippen LogP contribution is -2.33. The van der Waals surface area contributed by atoms with Gasteiger partial charge in [0.2, 0.25) is 0 Å². The fourth-order valence-electron chi connectivity index (χ4n) is 5.06. The van der Waals surface area contributed by atoms with Gasteiger partial charge in [-0.25, -0.2) is 9.59 Å². The number of carbonyl (C=O) groups is 2. The lowest BCUT2D eigenvalue weighted by Gasteiger charge is -2.30. The van der Waals surface area contributed by atoms with Gasteiger partial charge in [-0.15, -0.1) is 0 Å². The molecule has 0 radical (unpaired) electrons. The number of hydrogen-bond acceptors (Lipinski definition) is 9. The number of nitrogens with one attached hydrogen (secondary N) is 1. The highest BCUT2D eigenvalue weighted by atomic mass is 16.6. The van der Waals surface area contributed by atoms with Crippen molar-refractivity contribution in [2.45, 2.75) is 46.1 Å². The van der Waals surface area contributed by atoms with Crippen LogP contribution in [0, 0.1) is 10.1 Å². The maximum Gasteiger partial charge on any atom is 0.337 e. The van der Waals surface area contributed by atoms with Crippen molar-refractivity contribution in [2.24, 2.45) is 0 Å². The Hall–Kier alpha value is -5.09. The van der Waals surface area contributed by atoms with Gasteiger partial charge in [-0.05, 0) is 62.4 Å². The Kier molecular flexibility index (Phi) is 11.4. The van der Waals surface area contributed by atoms with Gasteiger partial charge in [-0.3, -0.25) is 15.1 Å². The summed E-state index contributed by atoms with van der Waals surface area (Å²) < 4.78 is 16.7. The molecule has 234 valence electrons. The third kappa shape index (κ3) is 8.96. The molecule has 0 aliphatic carbocycles. The maximum absolute atomic E-state index is 13.4. The Balaban J connectivity index is 1.36. The average Bonchev–Trinajstić information content (AvgIpc) is 3.01. The van der Waals surface area contributed by atoms with Gasteiger partial charge in [-0.1, -0.05) is 54.6 Å². The molecule has 1 aliphatic rings. The van der Waals surface area contributed by atoms with E-state index in [0.717, 1.165) is 17.5 Å². The number of pyridine rings is 1. The zero-order chi connectivity index (χ0) is 32.3. The number of ether oxygens (including phenoxy) is 3. The summed E-state index contributed by atoms with van der Waals surface area (Å²) in [5.41, 5.74) is 4.95. The van der Waals surface area contributed by atoms with Crippen LogP contribution in [0.15, 0.2) is 102 Å². The maximum atomic E-state index is 13.4. The number of allylic oxidation sites excluding steroid dienone is 2. The number of benzene rings is 2. The smallest absolute Gasteiger partial charge is 0.337 e. The molecule has 1 N–H and O–H groups in total. The van der Waals surface area contributed by atoms with E-state index in [1.54, 1.807) is 40.0 Å². The predicted octanol–water partition coefficient (Wildman–Crippen LogP) is 6.04. The molecule has 1 atom stereocenters. The van der Waals surface area contributed by atoms with Crippen LogP contribution in [-0.4, -0.2) is 47.8 Å². The number of aromatic nitrogens is 1. The molecule has 10 heteroatoms. The van der Waals surface area contributed by atoms with Crippen LogP contribution in [0.3, 0.4) is 0 Å². The Bertz CT molecular complexity index is 1610. The molecule has 1 aromatic heterocycles. The summed E-state index contributed by atoms with van der Waals surface area (Å²) >= 11 is 0. The van der Waals surface area contributed by atoms with Gasteiger partial charge in [-0.2, -0.15) is 0 Å². The topological polar surface area (TPSA) is 130 Å². The highest BCUT2D eigenvalue weighted by molar-refractivity contribution is 6.00. The Morgan fingerprint density at radius 2 is 1.71 bits per heavy atom. The van der Waals surface area contributed by atoms with E-state index in [1.165, 1.54) is 23.8 Å². The molecule has 1 unspecified atom stereocenters. The zero-order valence-electron chi connectivity index (χ0n) is 25.8. The highest BCUT2D eigenvalue weighted by Gasteiger charge is 2.38. The molecule has 0 saturated heterocycles. The Morgan fingerprint density at radius 3 is 2.38 bits per heavy atom. The summed E-state index contributed by atoms with van der Waals surface area (Å²) in [5.74, 6) is -2.21. The van der Waals surface area contributed by atoms with Crippen LogP contribution in [-0.2, 0) is 30.2 Å². The second kappa shape index (κ2) is 15.6. The van der Waals surface area contributed by atoms with E-state index in [2.05, 4.69) is 22.4 Å². The Morgan fingerprint density at radius 1 is 0.978 bits per heavy atom. The number of esters is 2. The summed E-state index contributed by atoms with van der Waals surface area (Å²) in [4.78, 5) is 41.8. The van der Waals surface area contributed by atoms with Crippen molar-refractivity contribution in [1.29, 1.82) is 0 Å². The first-order valence-corrected chi connectivity index (χ1v) is 14.7. The van der Waals surface area contributed by atoms with Crippen molar-refractivity contribution in [1.82, 2.24) is 10.3 Å². The van der Waals surface area contributed by atoms with Gasteiger partial charge >= 0.3 is 11.9 Å². The molecule has 4 rings (SSSR count). The van der Waals surface area contributed by atoms with Crippen LogP contribution in [0.4, 0.5) is 5.69 Å². The molecule has 0 saturated carbocycles. The van der Waals surface area contributed by atoms with E-state index >= 15 is 0 Å². The molecule has 2 heterocycles. The minimum absolute atomic E-state index is 0.0252. The fraction of sp³-hybridized carbons (Fsp3) is 0.286. The van der Waals surface area contributed by atoms with Crippen molar-refractivity contribution in [3.63, 3.8) is 0 Å². The molecule has 0 fully saturated rings. The van der Waals surface area contributed by atoms with E-state index in [1.807, 2.05) is 42.6 Å². The summed E-state index contributed by atoms with van der Waals surface area (Å²) in [5, 5.41) is 14.6. The SMILES string of the molecule is CC1=C(C(=O)OCCOC/C=C/c2ccc(Cc3cccnc3)cc2)C(c2cccc([N+](=O)[O-])c2)C(C(=O)OC(C)C)=C(C)N1. The molecule has 2 aromatic carbocycles. The standard InChI is InChI=1S/C35H37N3O7/c1-23(2)45-35(40)32-25(4)37-24(3)31(33(32)29-10-5-11-30(21-29)38(41)42)34(39)44-19-18-43-17-7-9-26-12-14-27(15-13-26)20-28-8-6-16-36-22-28/h5-16,21-23,33,37H,17-20H2,1-4H3/b9-7+. The van der Waals surface area contributed by atoms with Gasteiger partial charge in [0, 0.05) is 35.9 Å². The third-order valence-electron chi connectivity index (χ3n) is 7.05. The lowest BCUT2D eigenvalue weighted by molar-refractivity contribution is -0.384. The second-order valence-corrected chi connectivity index (χ2v) is 10.8. The molecule has 45 heavy (non-hydrogen) atoms. The van der Waals surface area contributed by atoms with Crippen molar-refractivity contribution in [2.75, 3.05) is 19.8 Å². The van der Waals surface area contributed by atoms with Crippen LogP contribution < -0.4 is 5.32 Å². The van der Waals surface area contributed by atoms with Gasteiger partial charge in [0.1, 0.15) is 6.61 Å². The molecule has 0 bridgehead atoms. The summed E-state index contributed by atoms with van der Waals surface area (Å²) in [6.45, 7) is 7.28. The molecule has 1 aliphatic heterocycles. The third-order valence-corrected chi connectivity index (χ3v) is 7.05. The molecular formula is C35H37N3O7. The van der Waals surface area contributed by atoms with Crippen molar-refractivity contribution < 1.29 is 28.7 Å². The van der Waals surface area contributed by atoms with E-state index in [-0.39, 0.29) is 30.0 Å². The zero-order valence-corrected chi connectivity index (χ0v) is 25.8. The predicted molar refractivity (Wildman–Crippen MR) is 170 cm³/mol. The first-order valence-electron chi connectivity index (χ1n) is 14.7. The molecule has 3 aromatic rings. The molecular weight excluding hydrogens is 574 g/mol. The fourth-order valence-corrected chi connectivity index (χ4v) is 5.06. The van der Waals surface area contributed by atoms with E-state index in [9.17, 15) is 19.7 Å². The number of carbonyl (C=O) groups excluding carboxylic acids is 2. The largest absolute Gasteiger partial charge is 0.460 e. The Labute approximate surface area is 262 Å². The van der Waals surface area contributed by atoms with Gasteiger partial charge < -0.3 is 19.5 Å². The first kappa shape index (κ1) is 32.8. The van der Waals surface area contributed by atoms with E-state index in [4.69, 9.17) is 14.2 Å². The summed E-state index contributed by atoms with van der Waals surface area (Å²) in [7, 11) is 0. The van der Waals surface area contributed by atoms with Gasteiger partial charge in [0.25, 0.3) is 5.69 Å². The van der Waals surface area contributed by atoms with Crippen molar-refractivity contribution in [3.8, 4) is 0 Å². The van der Waals surface area contributed by atoms with Crippen LogP contribution in [0.5, 0.6) is 0 Å². The number of nitro groups is 1. The van der Waals surface area contributed by atoms with Crippen LogP contribution in [0.25, 0.3) is 6.08 Å².